The molecular weight excluding hydrogens is 212 g/mol. The van der Waals surface area contributed by atoms with E-state index in [0.29, 0.717) is 0 Å². The van der Waals surface area contributed by atoms with E-state index in [-0.39, 0.29) is 6.03 Å². The Bertz CT molecular complexity index is 360. The van der Waals surface area contributed by atoms with Crippen molar-refractivity contribution in [1.29, 1.82) is 0 Å². The van der Waals surface area contributed by atoms with E-state index < -0.39 is 0 Å². The summed E-state index contributed by atoms with van der Waals surface area (Å²) in [7, 11) is 1.86. The van der Waals surface area contributed by atoms with Crippen LogP contribution in [0, 0.1) is 5.92 Å². The smallest absolute Gasteiger partial charge is 0.321 e. The average Bonchev–Trinajstić information content (AvgIpc) is 2.28. The van der Waals surface area contributed by atoms with Crippen LogP contribution in [0.3, 0.4) is 0 Å². The molecule has 3 heteroatoms. The molecule has 0 aromatic heterocycles. The zero-order valence-corrected chi connectivity index (χ0v) is 10.4. The second-order valence-electron chi connectivity index (χ2n) is 4.80. The van der Waals surface area contributed by atoms with Crippen molar-refractivity contribution in [1.82, 2.24) is 4.90 Å². The first-order valence-electron chi connectivity index (χ1n) is 6.33. The third kappa shape index (κ3) is 3.48. The number of carbonyl (C=O) groups is 1. The van der Waals surface area contributed by atoms with Crippen molar-refractivity contribution >= 4 is 11.7 Å². The lowest BCUT2D eigenvalue weighted by atomic mass is 9.83. The van der Waals surface area contributed by atoms with Gasteiger partial charge in [-0.2, -0.15) is 0 Å². The van der Waals surface area contributed by atoms with E-state index in [1.807, 2.05) is 37.4 Å². The fourth-order valence-electron chi connectivity index (χ4n) is 2.00. The quantitative estimate of drug-likeness (QED) is 0.848. The van der Waals surface area contributed by atoms with Gasteiger partial charge in [0.15, 0.2) is 0 Å². The van der Waals surface area contributed by atoms with Crippen molar-refractivity contribution in [3.63, 3.8) is 0 Å². The fraction of sp³-hybridized carbons (Fsp3) is 0.500. The lowest BCUT2D eigenvalue weighted by Crippen LogP contribution is -2.33. The van der Waals surface area contributed by atoms with Crippen LogP contribution in [-0.2, 0) is 0 Å². The Labute approximate surface area is 103 Å². The van der Waals surface area contributed by atoms with Crippen LogP contribution in [0.25, 0.3) is 0 Å². The number of rotatable bonds is 4. The van der Waals surface area contributed by atoms with Crippen LogP contribution in [0.1, 0.15) is 25.7 Å². The molecular formula is C14H20N2O. The number of anilines is 1. The summed E-state index contributed by atoms with van der Waals surface area (Å²) in [5.74, 6) is 0.849. The second-order valence-corrected chi connectivity index (χ2v) is 4.80. The van der Waals surface area contributed by atoms with Gasteiger partial charge in [-0.3, -0.25) is 0 Å². The number of nitrogens with one attached hydrogen (secondary N) is 1. The number of para-hydroxylation sites is 1. The standard InChI is InChI=1S/C14H20N2O/c1-16(11-10-12-6-5-7-12)14(17)15-13-8-3-2-4-9-13/h2-4,8-9,12H,5-7,10-11H2,1H3,(H,15,17). The summed E-state index contributed by atoms with van der Waals surface area (Å²) < 4.78 is 0. The maximum absolute atomic E-state index is 11.8. The first-order chi connectivity index (χ1) is 8.25. The number of urea groups is 1. The van der Waals surface area contributed by atoms with Crippen molar-refractivity contribution in [2.75, 3.05) is 18.9 Å². The van der Waals surface area contributed by atoms with Crippen LogP contribution >= 0.6 is 0 Å². The number of hydrogen-bond donors (Lipinski definition) is 1. The van der Waals surface area contributed by atoms with Gasteiger partial charge in [0.05, 0.1) is 0 Å². The molecule has 1 aromatic rings. The molecule has 1 aliphatic carbocycles. The number of benzene rings is 1. The maximum Gasteiger partial charge on any atom is 0.321 e. The molecule has 0 unspecified atom stereocenters. The van der Waals surface area contributed by atoms with Crippen LogP contribution in [0.4, 0.5) is 10.5 Å². The summed E-state index contributed by atoms with van der Waals surface area (Å²) in [4.78, 5) is 13.6. The molecule has 0 heterocycles. The Hall–Kier alpha value is -1.51. The van der Waals surface area contributed by atoms with Gasteiger partial charge in [0, 0.05) is 19.3 Å². The van der Waals surface area contributed by atoms with Crippen molar-refractivity contribution in [3.8, 4) is 0 Å². The molecule has 1 N–H and O–H groups in total. The van der Waals surface area contributed by atoms with Gasteiger partial charge in [0.2, 0.25) is 0 Å². The molecule has 92 valence electrons. The number of amides is 2. The third-order valence-electron chi connectivity index (χ3n) is 3.47. The van der Waals surface area contributed by atoms with E-state index in [2.05, 4.69) is 5.32 Å². The molecule has 1 aliphatic rings. The lowest BCUT2D eigenvalue weighted by molar-refractivity contribution is 0.210. The summed E-state index contributed by atoms with van der Waals surface area (Å²) in [6.07, 6.45) is 5.19. The predicted octanol–water partition coefficient (Wildman–Crippen LogP) is 3.34. The molecule has 2 amide bonds. The predicted molar refractivity (Wildman–Crippen MR) is 70.0 cm³/mol. The zero-order chi connectivity index (χ0) is 12.1. The van der Waals surface area contributed by atoms with Crippen molar-refractivity contribution in [3.05, 3.63) is 30.3 Å². The van der Waals surface area contributed by atoms with E-state index in [9.17, 15) is 4.79 Å². The van der Waals surface area contributed by atoms with Gasteiger partial charge >= 0.3 is 6.03 Å². The Morgan fingerprint density at radius 2 is 2.06 bits per heavy atom. The molecule has 1 saturated carbocycles. The monoisotopic (exact) mass is 232 g/mol. The highest BCUT2D eigenvalue weighted by Gasteiger charge is 2.18. The summed E-state index contributed by atoms with van der Waals surface area (Å²) in [5, 5.41) is 2.89. The van der Waals surface area contributed by atoms with Gasteiger partial charge in [-0.1, -0.05) is 37.5 Å². The summed E-state index contributed by atoms with van der Waals surface area (Å²) in [6, 6.07) is 9.56. The summed E-state index contributed by atoms with van der Waals surface area (Å²) >= 11 is 0. The molecule has 0 aliphatic heterocycles. The maximum atomic E-state index is 11.8. The van der Waals surface area contributed by atoms with Gasteiger partial charge in [-0.05, 0) is 24.5 Å². The molecule has 1 aromatic carbocycles. The molecule has 2 rings (SSSR count). The van der Waals surface area contributed by atoms with Crippen molar-refractivity contribution in [2.24, 2.45) is 5.92 Å². The molecule has 0 bridgehead atoms. The van der Waals surface area contributed by atoms with Crippen LogP contribution < -0.4 is 5.32 Å². The fourth-order valence-corrected chi connectivity index (χ4v) is 2.00. The highest BCUT2D eigenvalue weighted by Crippen LogP contribution is 2.29. The van der Waals surface area contributed by atoms with E-state index in [4.69, 9.17) is 0 Å². The number of hydrogen-bond acceptors (Lipinski definition) is 1. The minimum absolute atomic E-state index is 0.0180. The van der Waals surface area contributed by atoms with Crippen LogP contribution in [0.2, 0.25) is 0 Å². The first kappa shape index (κ1) is 12.0. The topological polar surface area (TPSA) is 32.3 Å². The van der Waals surface area contributed by atoms with E-state index in [0.717, 1.165) is 24.6 Å². The lowest BCUT2D eigenvalue weighted by Gasteiger charge is -2.27. The van der Waals surface area contributed by atoms with Crippen LogP contribution in [0.15, 0.2) is 30.3 Å². The van der Waals surface area contributed by atoms with E-state index in [1.54, 1.807) is 4.90 Å². The van der Waals surface area contributed by atoms with Crippen molar-refractivity contribution in [2.45, 2.75) is 25.7 Å². The normalized spacial score (nSPS) is 15.1. The Morgan fingerprint density at radius 1 is 1.35 bits per heavy atom. The second kappa shape index (κ2) is 5.71. The first-order valence-corrected chi connectivity index (χ1v) is 6.33. The average molecular weight is 232 g/mol. The largest absolute Gasteiger partial charge is 0.328 e. The molecule has 0 atom stereocenters. The summed E-state index contributed by atoms with van der Waals surface area (Å²) in [6.45, 7) is 0.851. The Morgan fingerprint density at radius 3 is 2.65 bits per heavy atom. The molecule has 0 saturated heterocycles. The highest BCUT2D eigenvalue weighted by molar-refractivity contribution is 5.89. The van der Waals surface area contributed by atoms with Crippen molar-refractivity contribution < 1.29 is 4.79 Å². The minimum Gasteiger partial charge on any atom is -0.328 e. The highest BCUT2D eigenvalue weighted by atomic mass is 16.2. The van der Waals surface area contributed by atoms with Gasteiger partial charge in [-0.25, -0.2) is 4.79 Å². The zero-order valence-electron chi connectivity index (χ0n) is 10.4. The van der Waals surface area contributed by atoms with Crippen LogP contribution in [0.5, 0.6) is 0 Å². The van der Waals surface area contributed by atoms with Gasteiger partial charge in [0.1, 0.15) is 0 Å². The Kier molecular flexibility index (Phi) is 4.02. The van der Waals surface area contributed by atoms with Gasteiger partial charge in [-0.15, -0.1) is 0 Å². The molecule has 0 radical (unpaired) electrons. The molecule has 17 heavy (non-hydrogen) atoms. The van der Waals surface area contributed by atoms with E-state index >= 15 is 0 Å². The van der Waals surface area contributed by atoms with Gasteiger partial charge in [0.25, 0.3) is 0 Å². The number of carbonyl (C=O) groups excluding carboxylic acids is 1. The Balaban J connectivity index is 1.74. The SMILES string of the molecule is CN(CCC1CCC1)C(=O)Nc1ccccc1. The molecule has 1 fully saturated rings. The van der Waals surface area contributed by atoms with E-state index in [1.165, 1.54) is 19.3 Å². The number of nitrogens with zero attached hydrogens (tertiary/aromatic N) is 1. The van der Waals surface area contributed by atoms with Gasteiger partial charge < -0.3 is 10.2 Å². The van der Waals surface area contributed by atoms with Crippen LogP contribution in [-0.4, -0.2) is 24.5 Å². The summed E-state index contributed by atoms with van der Waals surface area (Å²) in [5.41, 5.74) is 0.855. The molecule has 3 nitrogen and oxygen atoms in total. The molecule has 0 spiro atoms. The third-order valence-corrected chi connectivity index (χ3v) is 3.47. The minimum atomic E-state index is -0.0180.